The van der Waals surface area contributed by atoms with E-state index in [4.69, 9.17) is 9.47 Å². The van der Waals surface area contributed by atoms with Gasteiger partial charge in [0.25, 0.3) is 0 Å². The average molecular weight is 289 g/mol. The molecule has 3 nitrogen and oxygen atoms in total. The zero-order valence-electron chi connectivity index (χ0n) is 13.4. The molecule has 0 saturated heterocycles. The van der Waals surface area contributed by atoms with E-state index in [2.05, 4.69) is 30.4 Å². The molecule has 0 aromatic heterocycles. The second kappa shape index (κ2) is 8.08. The molecule has 0 bridgehead atoms. The monoisotopic (exact) mass is 289 g/mol. The quantitative estimate of drug-likeness (QED) is 0.761. The van der Waals surface area contributed by atoms with Crippen molar-refractivity contribution < 1.29 is 9.47 Å². The van der Waals surface area contributed by atoms with Crippen molar-refractivity contribution in [3.63, 3.8) is 0 Å². The average Bonchev–Trinajstić information content (AvgIpc) is 2.54. The summed E-state index contributed by atoms with van der Waals surface area (Å²) in [6, 6.07) is 6.57. The Morgan fingerprint density at radius 3 is 2.57 bits per heavy atom. The van der Waals surface area contributed by atoms with Gasteiger partial charge in [-0.05, 0) is 56.3 Å². The Kier molecular flexibility index (Phi) is 6.12. The van der Waals surface area contributed by atoms with Crippen LogP contribution in [0.2, 0.25) is 0 Å². The molecule has 0 spiro atoms. The van der Waals surface area contributed by atoms with E-state index < -0.39 is 0 Å². The topological polar surface area (TPSA) is 30.5 Å². The molecule has 1 unspecified atom stereocenters. The molecule has 0 saturated carbocycles. The fraction of sp³-hybridized carbons (Fsp3) is 0.556. The molecule has 1 atom stereocenters. The van der Waals surface area contributed by atoms with Gasteiger partial charge in [0.2, 0.25) is 0 Å². The second-order valence-electron chi connectivity index (χ2n) is 5.54. The molecule has 1 aromatic rings. The Labute approximate surface area is 128 Å². The van der Waals surface area contributed by atoms with Gasteiger partial charge in [-0.2, -0.15) is 0 Å². The van der Waals surface area contributed by atoms with E-state index in [-0.39, 0.29) is 0 Å². The van der Waals surface area contributed by atoms with Crippen LogP contribution in [-0.2, 0) is 0 Å². The first kappa shape index (κ1) is 15.9. The Morgan fingerprint density at radius 2 is 1.95 bits per heavy atom. The molecule has 1 aliphatic rings. The van der Waals surface area contributed by atoms with Gasteiger partial charge < -0.3 is 14.8 Å². The van der Waals surface area contributed by atoms with Crippen molar-refractivity contribution in [2.24, 2.45) is 0 Å². The highest BCUT2D eigenvalue weighted by atomic mass is 16.5. The predicted molar refractivity (Wildman–Crippen MR) is 87.1 cm³/mol. The number of allylic oxidation sites excluding steroid dienone is 1. The maximum atomic E-state index is 5.43. The summed E-state index contributed by atoms with van der Waals surface area (Å²) in [5.41, 5.74) is 2.85. The summed E-state index contributed by atoms with van der Waals surface area (Å²) in [6.07, 6.45) is 8.66. The third-order valence-corrected chi connectivity index (χ3v) is 4.11. The van der Waals surface area contributed by atoms with E-state index in [0.29, 0.717) is 6.04 Å². The molecule has 0 heterocycles. The summed E-state index contributed by atoms with van der Waals surface area (Å²) in [5.74, 6) is 1.59. The van der Waals surface area contributed by atoms with Crippen molar-refractivity contribution >= 4 is 0 Å². The molecule has 0 aliphatic heterocycles. The number of rotatable bonds is 7. The fourth-order valence-electron chi connectivity index (χ4n) is 2.98. The maximum Gasteiger partial charge on any atom is 0.161 e. The van der Waals surface area contributed by atoms with Crippen LogP contribution in [0.15, 0.2) is 29.8 Å². The van der Waals surface area contributed by atoms with Crippen LogP contribution in [0.3, 0.4) is 0 Å². The molecule has 1 N–H and O–H groups in total. The number of hydrogen-bond acceptors (Lipinski definition) is 3. The molecule has 0 radical (unpaired) electrons. The van der Waals surface area contributed by atoms with Crippen LogP contribution in [0.5, 0.6) is 11.5 Å². The van der Waals surface area contributed by atoms with Gasteiger partial charge >= 0.3 is 0 Å². The third kappa shape index (κ3) is 4.24. The molecule has 1 aromatic carbocycles. The number of benzene rings is 1. The standard InChI is InChI=1S/C18H27NO2/c1-4-19-16(12-14-8-6-5-7-9-14)15-10-11-17(20-2)18(13-15)21-3/h8,10-11,13,16,19H,4-7,9,12H2,1-3H3. The van der Waals surface area contributed by atoms with Crippen molar-refractivity contribution in [3.8, 4) is 11.5 Å². The van der Waals surface area contributed by atoms with Gasteiger partial charge in [0.1, 0.15) is 0 Å². The van der Waals surface area contributed by atoms with Crippen LogP contribution in [0.25, 0.3) is 0 Å². The first-order chi connectivity index (χ1) is 10.3. The molecule has 3 heteroatoms. The van der Waals surface area contributed by atoms with Crippen LogP contribution in [-0.4, -0.2) is 20.8 Å². The highest BCUT2D eigenvalue weighted by molar-refractivity contribution is 5.44. The summed E-state index contributed by atoms with van der Waals surface area (Å²) in [4.78, 5) is 0. The fourth-order valence-corrected chi connectivity index (χ4v) is 2.98. The van der Waals surface area contributed by atoms with E-state index in [9.17, 15) is 0 Å². The normalized spacial score (nSPS) is 16.2. The van der Waals surface area contributed by atoms with Gasteiger partial charge in [0.15, 0.2) is 11.5 Å². The van der Waals surface area contributed by atoms with Crippen LogP contribution in [0, 0.1) is 0 Å². The van der Waals surface area contributed by atoms with Crippen molar-refractivity contribution in [2.45, 2.75) is 45.1 Å². The summed E-state index contributed by atoms with van der Waals surface area (Å²) in [6.45, 7) is 3.12. The number of methoxy groups -OCH3 is 2. The lowest BCUT2D eigenvalue weighted by atomic mass is 9.91. The number of hydrogen-bond donors (Lipinski definition) is 1. The Hall–Kier alpha value is -1.48. The predicted octanol–water partition coefficient (Wildman–Crippen LogP) is 4.24. The van der Waals surface area contributed by atoms with Crippen LogP contribution < -0.4 is 14.8 Å². The Balaban J connectivity index is 2.18. The van der Waals surface area contributed by atoms with E-state index in [1.54, 1.807) is 19.8 Å². The van der Waals surface area contributed by atoms with Gasteiger partial charge in [-0.25, -0.2) is 0 Å². The molecule has 1 aliphatic carbocycles. The van der Waals surface area contributed by atoms with Gasteiger partial charge in [-0.1, -0.05) is 24.6 Å². The van der Waals surface area contributed by atoms with Crippen molar-refractivity contribution in [3.05, 3.63) is 35.4 Å². The van der Waals surface area contributed by atoms with Gasteiger partial charge in [-0.3, -0.25) is 0 Å². The third-order valence-electron chi connectivity index (χ3n) is 4.11. The molecular formula is C18H27NO2. The summed E-state index contributed by atoms with van der Waals surface area (Å²) >= 11 is 0. The zero-order valence-corrected chi connectivity index (χ0v) is 13.4. The van der Waals surface area contributed by atoms with Crippen molar-refractivity contribution in [1.82, 2.24) is 5.32 Å². The Bertz CT molecular complexity index is 482. The van der Waals surface area contributed by atoms with Crippen LogP contribution >= 0.6 is 0 Å². The molecule has 116 valence electrons. The Morgan fingerprint density at radius 1 is 1.14 bits per heavy atom. The number of nitrogens with one attached hydrogen (secondary N) is 1. The second-order valence-corrected chi connectivity index (χ2v) is 5.54. The highest BCUT2D eigenvalue weighted by Gasteiger charge is 2.16. The minimum absolute atomic E-state index is 0.346. The molecular weight excluding hydrogens is 262 g/mol. The first-order valence-corrected chi connectivity index (χ1v) is 7.91. The van der Waals surface area contributed by atoms with Crippen LogP contribution in [0.4, 0.5) is 0 Å². The minimum Gasteiger partial charge on any atom is -0.493 e. The lowest BCUT2D eigenvalue weighted by Gasteiger charge is -2.23. The summed E-state index contributed by atoms with van der Waals surface area (Å²) in [7, 11) is 3.36. The van der Waals surface area contributed by atoms with Crippen molar-refractivity contribution in [1.29, 1.82) is 0 Å². The summed E-state index contributed by atoms with van der Waals surface area (Å²) in [5, 5.41) is 3.60. The lowest BCUT2D eigenvalue weighted by Crippen LogP contribution is -2.21. The highest BCUT2D eigenvalue weighted by Crippen LogP contribution is 2.33. The van der Waals surface area contributed by atoms with E-state index >= 15 is 0 Å². The van der Waals surface area contributed by atoms with Crippen LogP contribution in [0.1, 0.15) is 50.6 Å². The van der Waals surface area contributed by atoms with Crippen molar-refractivity contribution in [2.75, 3.05) is 20.8 Å². The van der Waals surface area contributed by atoms with E-state index in [1.165, 1.54) is 31.2 Å². The molecule has 2 rings (SSSR count). The molecule has 0 fully saturated rings. The first-order valence-electron chi connectivity index (χ1n) is 7.91. The zero-order chi connectivity index (χ0) is 15.1. The SMILES string of the molecule is CCNC(CC1=CCCCC1)c1ccc(OC)c(OC)c1. The van der Waals surface area contributed by atoms with E-state index in [1.807, 2.05) is 6.07 Å². The minimum atomic E-state index is 0.346. The lowest BCUT2D eigenvalue weighted by molar-refractivity contribution is 0.353. The van der Waals surface area contributed by atoms with Gasteiger partial charge in [-0.15, -0.1) is 0 Å². The van der Waals surface area contributed by atoms with Gasteiger partial charge in [0, 0.05) is 6.04 Å². The summed E-state index contributed by atoms with van der Waals surface area (Å²) < 4.78 is 10.8. The largest absolute Gasteiger partial charge is 0.493 e. The molecule has 0 amide bonds. The van der Waals surface area contributed by atoms with E-state index in [0.717, 1.165) is 24.5 Å². The molecule has 21 heavy (non-hydrogen) atoms. The maximum absolute atomic E-state index is 5.43. The van der Waals surface area contributed by atoms with Gasteiger partial charge in [0.05, 0.1) is 14.2 Å². The number of ether oxygens (including phenoxy) is 2. The smallest absolute Gasteiger partial charge is 0.161 e.